The first-order valence-corrected chi connectivity index (χ1v) is 13.9. The SMILES string of the molecule is C=C(C)C(=O)Oc1ccc(C#Cc2c(F)c(OC(=O)C(=C)C)c(C#Cc3ccc(OC(=O)C(=C)C)cc3)c(F)c2OC(=O)C(=C)C)cc1. The van der Waals surface area contributed by atoms with E-state index in [1.165, 1.54) is 76.2 Å². The Morgan fingerprint density at radius 2 is 0.750 bits per heavy atom. The Kier molecular flexibility index (Phi) is 11.7. The fourth-order valence-electron chi connectivity index (χ4n) is 3.29. The van der Waals surface area contributed by atoms with Crippen molar-refractivity contribution in [2.45, 2.75) is 27.7 Å². The standard InChI is InChI=1S/C38H28F2O8/c1-21(2)35(41)45-27-15-9-25(10-16-27)13-19-29-31(39)34(48-38(44)24(7)8)30(32(40)33(29)47-37(43)23(5)6)20-14-26-11-17-28(18-12-26)46-36(42)22(3)4/h9-12,15-18H,1,3,5,7H2,2,4,6,8H3. The predicted octanol–water partition coefficient (Wildman–Crippen LogP) is 6.69. The number of rotatable bonds is 8. The minimum atomic E-state index is -1.36. The van der Waals surface area contributed by atoms with Gasteiger partial charge in [-0.2, -0.15) is 0 Å². The molecule has 0 bridgehead atoms. The first-order chi connectivity index (χ1) is 22.6. The van der Waals surface area contributed by atoms with Gasteiger partial charge in [0.15, 0.2) is 23.1 Å². The lowest BCUT2D eigenvalue weighted by Gasteiger charge is -2.15. The number of carbonyl (C=O) groups is 4. The molecule has 0 heterocycles. The van der Waals surface area contributed by atoms with E-state index in [1.54, 1.807) is 0 Å². The molecule has 0 unspecified atom stereocenters. The van der Waals surface area contributed by atoms with Crippen molar-refractivity contribution in [3.8, 4) is 46.7 Å². The molecule has 0 aliphatic carbocycles. The number of hydrogen-bond acceptors (Lipinski definition) is 8. The van der Waals surface area contributed by atoms with E-state index in [9.17, 15) is 19.2 Å². The van der Waals surface area contributed by atoms with Crippen LogP contribution in [0.5, 0.6) is 23.0 Å². The minimum Gasteiger partial charge on any atom is -0.423 e. The van der Waals surface area contributed by atoms with E-state index >= 15 is 8.78 Å². The van der Waals surface area contributed by atoms with Crippen LogP contribution in [0.25, 0.3) is 0 Å². The van der Waals surface area contributed by atoms with Crippen LogP contribution < -0.4 is 18.9 Å². The quantitative estimate of drug-likeness (QED) is 0.115. The monoisotopic (exact) mass is 650 g/mol. The van der Waals surface area contributed by atoms with Crippen molar-refractivity contribution < 1.29 is 46.9 Å². The van der Waals surface area contributed by atoms with Crippen LogP contribution in [0.4, 0.5) is 8.78 Å². The Hall–Kier alpha value is -6.52. The molecule has 0 N–H and O–H groups in total. The normalized spacial score (nSPS) is 9.79. The molecule has 3 rings (SSSR count). The van der Waals surface area contributed by atoms with Crippen LogP contribution in [0.3, 0.4) is 0 Å². The summed E-state index contributed by atoms with van der Waals surface area (Å²) in [5, 5.41) is 0. The Bertz CT molecular complexity index is 1870. The van der Waals surface area contributed by atoms with Crippen LogP contribution in [0.1, 0.15) is 49.9 Å². The van der Waals surface area contributed by atoms with Crippen LogP contribution in [-0.4, -0.2) is 23.9 Å². The van der Waals surface area contributed by atoms with Gasteiger partial charge in [0.1, 0.15) is 22.6 Å². The molecule has 0 radical (unpaired) electrons. The molecule has 0 saturated carbocycles. The van der Waals surface area contributed by atoms with E-state index in [-0.39, 0.29) is 44.9 Å². The molecule has 0 atom stereocenters. The van der Waals surface area contributed by atoms with Crippen molar-refractivity contribution in [2.75, 3.05) is 0 Å². The maximum Gasteiger partial charge on any atom is 0.338 e. The lowest BCUT2D eigenvalue weighted by atomic mass is 10.0. The molecule has 0 aliphatic heterocycles. The van der Waals surface area contributed by atoms with Crippen molar-refractivity contribution in [2.24, 2.45) is 0 Å². The highest BCUT2D eigenvalue weighted by Crippen LogP contribution is 2.37. The van der Waals surface area contributed by atoms with E-state index in [0.29, 0.717) is 0 Å². The van der Waals surface area contributed by atoms with E-state index in [4.69, 9.17) is 18.9 Å². The summed E-state index contributed by atoms with van der Waals surface area (Å²) in [6.07, 6.45) is 0. The third kappa shape index (κ3) is 9.25. The molecule has 0 aromatic heterocycles. The van der Waals surface area contributed by atoms with Gasteiger partial charge in [0, 0.05) is 33.4 Å². The van der Waals surface area contributed by atoms with E-state index in [1.807, 2.05) is 0 Å². The van der Waals surface area contributed by atoms with Crippen molar-refractivity contribution >= 4 is 23.9 Å². The third-order valence-corrected chi connectivity index (χ3v) is 5.87. The van der Waals surface area contributed by atoms with Gasteiger partial charge in [0.2, 0.25) is 0 Å². The minimum absolute atomic E-state index is 0.133. The Morgan fingerprint density at radius 3 is 1.02 bits per heavy atom. The first kappa shape index (κ1) is 36.0. The van der Waals surface area contributed by atoms with E-state index < -0.39 is 58.1 Å². The van der Waals surface area contributed by atoms with Gasteiger partial charge >= 0.3 is 23.9 Å². The van der Waals surface area contributed by atoms with Crippen molar-refractivity contribution in [1.29, 1.82) is 0 Å². The van der Waals surface area contributed by atoms with Gasteiger partial charge in [0.05, 0.1) is 0 Å². The molecular formula is C38H28F2O8. The van der Waals surface area contributed by atoms with Gasteiger partial charge in [-0.15, -0.1) is 0 Å². The number of ether oxygens (including phenoxy) is 4. The fourth-order valence-corrected chi connectivity index (χ4v) is 3.29. The van der Waals surface area contributed by atoms with Crippen molar-refractivity contribution in [3.05, 3.63) is 131 Å². The summed E-state index contributed by atoms with van der Waals surface area (Å²) in [6, 6.07) is 11.4. The van der Waals surface area contributed by atoms with Crippen LogP contribution in [0.15, 0.2) is 97.1 Å². The third-order valence-electron chi connectivity index (χ3n) is 5.87. The van der Waals surface area contributed by atoms with Crippen LogP contribution >= 0.6 is 0 Å². The van der Waals surface area contributed by atoms with Gasteiger partial charge in [0.25, 0.3) is 0 Å². The molecule has 8 nitrogen and oxygen atoms in total. The molecule has 0 fully saturated rings. The maximum absolute atomic E-state index is 16.2. The number of carbonyl (C=O) groups excluding carboxylic acids is 4. The lowest BCUT2D eigenvalue weighted by Crippen LogP contribution is -2.16. The summed E-state index contributed by atoms with van der Waals surface area (Å²) >= 11 is 0. The molecule has 48 heavy (non-hydrogen) atoms. The molecule has 242 valence electrons. The number of esters is 4. The highest BCUT2D eigenvalue weighted by molar-refractivity contribution is 5.91. The zero-order valence-electron chi connectivity index (χ0n) is 26.5. The van der Waals surface area contributed by atoms with E-state index in [0.717, 1.165) is 0 Å². The largest absolute Gasteiger partial charge is 0.423 e. The average molecular weight is 651 g/mol. The summed E-state index contributed by atoms with van der Waals surface area (Å²) in [7, 11) is 0. The summed E-state index contributed by atoms with van der Waals surface area (Å²) in [4.78, 5) is 48.5. The van der Waals surface area contributed by atoms with Gasteiger partial charge in [-0.25, -0.2) is 28.0 Å². The highest BCUT2D eigenvalue weighted by Gasteiger charge is 2.29. The van der Waals surface area contributed by atoms with Crippen LogP contribution in [0.2, 0.25) is 0 Å². The molecule has 0 spiro atoms. The molecule has 10 heteroatoms. The van der Waals surface area contributed by atoms with Gasteiger partial charge in [-0.3, -0.25) is 0 Å². The number of benzene rings is 3. The first-order valence-electron chi connectivity index (χ1n) is 13.9. The number of hydrogen-bond donors (Lipinski definition) is 0. The summed E-state index contributed by atoms with van der Waals surface area (Å²) in [5.74, 6) is 2.42. The molecule has 0 saturated heterocycles. The number of halogens is 2. The molecule has 0 amide bonds. The van der Waals surface area contributed by atoms with Crippen LogP contribution in [0, 0.1) is 35.3 Å². The average Bonchev–Trinajstić information content (AvgIpc) is 3.03. The maximum atomic E-state index is 16.2. The van der Waals surface area contributed by atoms with Gasteiger partial charge < -0.3 is 18.9 Å². The zero-order chi connectivity index (χ0) is 35.7. The van der Waals surface area contributed by atoms with Crippen molar-refractivity contribution in [3.63, 3.8) is 0 Å². The summed E-state index contributed by atoms with van der Waals surface area (Å²) < 4.78 is 53.0. The summed E-state index contributed by atoms with van der Waals surface area (Å²) in [6.45, 7) is 19.5. The second-order valence-corrected chi connectivity index (χ2v) is 10.3. The predicted molar refractivity (Wildman–Crippen MR) is 173 cm³/mol. The van der Waals surface area contributed by atoms with Crippen LogP contribution in [-0.2, 0) is 19.2 Å². The Morgan fingerprint density at radius 1 is 0.479 bits per heavy atom. The fraction of sp³-hybridized carbons (Fsp3) is 0.105. The highest BCUT2D eigenvalue weighted by atomic mass is 19.1. The smallest absolute Gasteiger partial charge is 0.338 e. The molecular weight excluding hydrogens is 622 g/mol. The summed E-state index contributed by atoms with van der Waals surface area (Å²) in [5.41, 5.74) is -0.893. The van der Waals surface area contributed by atoms with Gasteiger partial charge in [-0.05, 0) is 76.2 Å². The lowest BCUT2D eigenvalue weighted by molar-refractivity contribution is -0.131. The second kappa shape index (κ2) is 15.7. The van der Waals surface area contributed by atoms with Crippen molar-refractivity contribution in [1.82, 2.24) is 0 Å². The molecule has 3 aromatic carbocycles. The Labute approximate surface area is 276 Å². The molecule has 3 aromatic rings. The van der Waals surface area contributed by atoms with E-state index in [2.05, 4.69) is 50.0 Å². The van der Waals surface area contributed by atoms with Gasteiger partial charge in [-0.1, -0.05) is 50.0 Å². The molecule has 0 aliphatic rings. The second-order valence-electron chi connectivity index (χ2n) is 10.3. The zero-order valence-corrected chi connectivity index (χ0v) is 26.5. The topological polar surface area (TPSA) is 105 Å². The Balaban J connectivity index is 2.19.